The monoisotopic (exact) mass is 172 g/mol. The maximum absolute atomic E-state index is 3.67. The van der Waals surface area contributed by atoms with Gasteiger partial charge < -0.3 is 5.32 Å². The van der Waals surface area contributed by atoms with Crippen molar-refractivity contribution >= 4 is 9.39 Å². The highest BCUT2D eigenvalue weighted by Gasteiger charge is 2.12. The Balaban J connectivity index is 2.27. The van der Waals surface area contributed by atoms with Crippen LogP contribution in [-0.4, -0.2) is 23.8 Å². The standard InChI is InChI=1S/C8H17N2P/c1-2-9-8-4-3-6-10(11)7-5-8/h2,8-9H,1,3-7,11H2. The van der Waals surface area contributed by atoms with Crippen LogP contribution in [0.5, 0.6) is 0 Å². The van der Waals surface area contributed by atoms with Crippen LogP contribution in [0.1, 0.15) is 19.3 Å². The average molecular weight is 172 g/mol. The normalized spacial score (nSPS) is 27.5. The van der Waals surface area contributed by atoms with Gasteiger partial charge in [0.05, 0.1) is 0 Å². The molecule has 64 valence electrons. The van der Waals surface area contributed by atoms with Crippen molar-refractivity contribution in [1.29, 1.82) is 0 Å². The van der Waals surface area contributed by atoms with Crippen LogP contribution in [0.15, 0.2) is 12.8 Å². The first-order chi connectivity index (χ1) is 5.33. The Morgan fingerprint density at radius 2 is 2.27 bits per heavy atom. The van der Waals surface area contributed by atoms with E-state index in [0.29, 0.717) is 6.04 Å². The zero-order valence-electron chi connectivity index (χ0n) is 6.92. The molecule has 2 atom stereocenters. The molecule has 1 fully saturated rings. The van der Waals surface area contributed by atoms with Gasteiger partial charge in [-0.1, -0.05) is 16.0 Å². The Hall–Kier alpha value is -0.0700. The lowest BCUT2D eigenvalue weighted by molar-refractivity contribution is 0.475. The molecule has 0 amide bonds. The second kappa shape index (κ2) is 4.74. The molecule has 11 heavy (non-hydrogen) atoms. The van der Waals surface area contributed by atoms with Crippen LogP contribution in [0.25, 0.3) is 0 Å². The van der Waals surface area contributed by atoms with Crippen LogP contribution in [-0.2, 0) is 0 Å². The first-order valence-corrected chi connectivity index (χ1v) is 4.71. The highest BCUT2D eigenvalue weighted by atomic mass is 31.0. The van der Waals surface area contributed by atoms with E-state index in [2.05, 4.69) is 26.0 Å². The van der Waals surface area contributed by atoms with Crippen LogP contribution < -0.4 is 5.32 Å². The molecule has 1 heterocycles. The van der Waals surface area contributed by atoms with Crippen LogP contribution in [0.2, 0.25) is 0 Å². The molecule has 1 N–H and O–H groups in total. The molecule has 2 nitrogen and oxygen atoms in total. The highest BCUT2D eigenvalue weighted by molar-refractivity contribution is 7.13. The minimum Gasteiger partial charge on any atom is -0.389 e. The van der Waals surface area contributed by atoms with Crippen molar-refractivity contribution in [3.05, 3.63) is 12.8 Å². The number of rotatable bonds is 2. The number of hydrogen-bond donors (Lipinski definition) is 1. The quantitative estimate of drug-likeness (QED) is 0.633. The molecule has 3 heteroatoms. The van der Waals surface area contributed by atoms with Gasteiger partial charge in [-0.3, -0.25) is 4.67 Å². The van der Waals surface area contributed by atoms with Gasteiger partial charge in [-0.2, -0.15) is 0 Å². The minimum absolute atomic E-state index is 0.651. The van der Waals surface area contributed by atoms with E-state index >= 15 is 0 Å². The average Bonchev–Trinajstić information content (AvgIpc) is 2.17. The maximum atomic E-state index is 3.67. The summed E-state index contributed by atoms with van der Waals surface area (Å²) in [6, 6.07) is 0.651. The topological polar surface area (TPSA) is 15.3 Å². The third-order valence-corrected chi connectivity index (χ3v) is 2.63. The highest BCUT2D eigenvalue weighted by Crippen LogP contribution is 2.13. The van der Waals surface area contributed by atoms with Crippen molar-refractivity contribution in [3.63, 3.8) is 0 Å². The van der Waals surface area contributed by atoms with E-state index in [-0.39, 0.29) is 0 Å². The molecule has 0 aromatic carbocycles. The molecular formula is C8H17N2P. The van der Waals surface area contributed by atoms with Gasteiger partial charge in [-0.25, -0.2) is 0 Å². The zero-order valence-corrected chi connectivity index (χ0v) is 8.08. The second-order valence-corrected chi connectivity index (χ2v) is 3.76. The van der Waals surface area contributed by atoms with E-state index in [1.54, 1.807) is 0 Å². The molecule has 2 unspecified atom stereocenters. The van der Waals surface area contributed by atoms with E-state index in [9.17, 15) is 0 Å². The smallest absolute Gasteiger partial charge is 0.0268 e. The van der Waals surface area contributed by atoms with Crippen molar-refractivity contribution in [1.82, 2.24) is 9.99 Å². The third-order valence-electron chi connectivity index (χ3n) is 2.12. The van der Waals surface area contributed by atoms with Gasteiger partial charge in [0.15, 0.2) is 0 Å². The number of nitrogens with one attached hydrogen (secondary N) is 1. The van der Waals surface area contributed by atoms with Gasteiger partial charge in [0.1, 0.15) is 0 Å². The Bertz CT molecular complexity index is 127. The largest absolute Gasteiger partial charge is 0.389 e. The molecule has 0 aromatic rings. The van der Waals surface area contributed by atoms with E-state index in [0.717, 1.165) is 0 Å². The molecule has 1 aliphatic rings. The fraction of sp³-hybridized carbons (Fsp3) is 0.750. The van der Waals surface area contributed by atoms with Crippen molar-refractivity contribution in [2.45, 2.75) is 25.3 Å². The SMILES string of the molecule is C=CNC1CCCN(P)CC1. The van der Waals surface area contributed by atoms with Crippen molar-refractivity contribution < 1.29 is 0 Å². The van der Waals surface area contributed by atoms with Gasteiger partial charge in [0, 0.05) is 19.1 Å². The summed E-state index contributed by atoms with van der Waals surface area (Å²) in [6.45, 7) is 6.06. The number of nitrogens with zero attached hydrogens (tertiary/aromatic N) is 1. The summed E-state index contributed by atoms with van der Waals surface area (Å²) in [4.78, 5) is 0. The van der Waals surface area contributed by atoms with E-state index in [1.165, 1.54) is 32.4 Å². The summed E-state index contributed by atoms with van der Waals surface area (Å²) >= 11 is 0. The summed E-state index contributed by atoms with van der Waals surface area (Å²) in [5.41, 5.74) is 0. The molecule has 0 bridgehead atoms. The van der Waals surface area contributed by atoms with Crippen LogP contribution >= 0.6 is 9.39 Å². The predicted octanol–water partition coefficient (Wildman–Crippen LogP) is 1.36. The molecule has 1 aliphatic heterocycles. The summed E-state index contributed by atoms with van der Waals surface area (Å²) in [5, 5.41) is 3.27. The van der Waals surface area contributed by atoms with Crippen LogP contribution in [0.3, 0.4) is 0 Å². The lowest BCUT2D eigenvalue weighted by Crippen LogP contribution is -2.24. The minimum atomic E-state index is 0.651. The van der Waals surface area contributed by atoms with E-state index < -0.39 is 0 Å². The fourth-order valence-electron chi connectivity index (χ4n) is 1.45. The molecule has 1 rings (SSSR count). The van der Waals surface area contributed by atoms with Gasteiger partial charge in [0.25, 0.3) is 0 Å². The maximum Gasteiger partial charge on any atom is 0.0268 e. The lowest BCUT2D eigenvalue weighted by Gasteiger charge is -2.14. The van der Waals surface area contributed by atoms with Crippen molar-refractivity contribution in [2.75, 3.05) is 13.1 Å². The van der Waals surface area contributed by atoms with Gasteiger partial charge in [0.2, 0.25) is 0 Å². The first kappa shape index (κ1) is 9.02. The Morgan fingerprint density at radius 3 is 3.00 bits per heavy atom. The molecule has 0 aromatic heterocycles. The van der Waals surface area contributed by atoms with E-state index in [1.807, 2.05) is 6.20 Å². The number of hydrogen-bond acceptors (Lipinski definition) is 2. The molecule has 0 aliphatic carbocycles. The fourth-order valence-corrected chi connectivity index (χ4v) is 1.78. The van der Waals surface area contributed by atoms with Gasteiger partial charge in [-0.05, 0) is 25.5 Å². The summed E-state index contributed by atoms with van der Waals surface area (Å²) < 4.78 is 2.31. The van der Waals surface area contributed by atoms with E-state index in [4.69, 9.17) is 0 Å². The first-order valence-electron chi connectivity index (χ1n) is 4.19. The summed E-state index contributed by atoms with van der Waals surface area (Å²) in [7, 11) is 2.77. The third kappa shape index (κ3) is 3.22. The summed E-state index contributed by atoms with van der Waals surface area (Å²) in [5.74, 6) is 0. The lowest BCUT2D eigenvalue weighted by atomic mass is 10.1. The van der Waals surface area contributed by atoms with Crippen LogP contribution in [0.4, 0.5) is 0 Å². The molecule has 0 radical (unpaired) electrons. The zero-order chi connectivity index (χ0) is 8.10. The predicted molar refractivity (Wildman–Crippen MR) is 52.3 cm³/mol. The van der Waals surface area contributed by atoms with Crippen LogP contribution in [0, 0.1) is 0 Å². The Morgan fingerprint density at radius 1 is 1.45 bits per heavy atom. The Labute approximate surface area is 71.3 Å². The van der Waals surface area contributed by atoms with Gasteiger partial charge >= 0.3 is 0 Å². The molecule has 0 spiro atoms. The molecule has 0 saturated carbocycles. The van der Waals surface area contributed by atoms with Gasteiger partial charge in [-0.15, -0.1) is 0 Å². The van der Waals surface area contributed by atoms with Crippen molar-refractivity contribution in [3.8, 4) is 0 Å². The molecule has 1 saturated heterocycles. The van der Waals surface area contributed by atoms with Crippen molar-refractivity contribution in [2.24, 2.45) is 0 Å². The molecular weight excluding hydrogens is 155 g/mol. The Kier molecular flexibility index (Phi) is 3.88. The summed E-state index contributed by atoms with van der Waals surface area (Å²) in [6.07, 6.45) is 5.60. The second-order valence-electron chi connectivity index (χ2n) is 3.03.